The van der Waals surface area contributed by atoms with E-state index in [-0.39, 0.29) is 23.6 Å². The van der Waals surface area contributed by atoms with Crippen LogP contribution in [0.1, 0.15) is 23.2 Å². The quantitative estimate of drug-likeness (QED) is 0.846. The van der Waals surface area contributed by atoms with Crippen molar-refractivity contribution in [1.82, 2.24) is 14.9 Å². The maximum absolute atomic E-state index is 11.9. The van der Waals surface area contributed by atoms with E-state index in [0.29, 0.717) is 0 Å². The fourth-order valence-electron chi connectivity index (χ4n) is 1.57. The molecule has 0 fully saturated rings. The molecule has 0 unspecified atom stereocenters. The first-order valence-electron chi connectivity index (χ1n) is 5.98. The summed E-state index contributed by atoms with van der Waals surface area (Å²) in [5.74, 6) is -0.922. The summed E-state index contributed by atoms with van der Waals surface area (Å²) >= 11 is 0. The van der Waals surface area contributed by atoms with E-state index in [1.165, 1.54) is 16.8 Å². The number of aromatic nitrogens is 3. The van der Waals surface area contributed by atoms with Crippen molar-refractivity contribution in [3.05, 3.63) is 40.1 Å². The highest BCUT2D eigenvalue weighted by Gasteiger charge is 2.12. The van der Waals surface area contributed by atoms with Crippen LogP contribution in [-0.4, -0.2) is 39.6 Å². The smallest absolute Gasteiger partial charge is 0.358 e. The summed E-state index contributed by atoms with van der Waals surface area (Å²) in [6.07, 6.45) is 1.57. The number of rotatable bonds is 5. The van der Waals surface area contributed by atoms with Crippen LogP contribution in [0.2, 0.25) is 0 Å². The van der Waals surface area contributed by atoms with Crippen LogP contribution in [0.25, 0.3) is 0 Å². The summed E-state index contributed by atoms with van der Waals surface area (Å²) < 4.78 is 6.02. The van der Waals surface area contributed by atoms with Crippen LogP contribution in [-0.2, 0) is 6.54 Å². The van der Waals surface area contributed by atoms with Gasteiger partial charge < -0.3 is 14.5 Å². The minimum absolute atomic E-state index is 0.0369. The van der Waals surface area contributed by atoms with Gasteiger partial charge in [-0.3, -0.25) is 4.79 Å². The Kier molecular flexibility index (Phi) is 3.83. The van der Waals surface area contributed by atoms with Gasteiger partial charge >= 0.3 is 5.97 Å². The Hall–Kier alpha value is -2.64. The van der Waals surface area contributed by atoms with Crippen LogP contribution in [0.3, 0.4) is 0 Å². The van der Waals surface area contributed by atoms with Crippen molar-refractivity contribution in [3.8, 4) is 0 Å². The molecule has 1 N–H and O–H groups in total. The number of carboxylic acids is 1. The lowest BCUT2D eigenvalue weighted by Gasteiger charge is -2.15. The summed E-state index contributed by atoms with van der Waals surface area (Å²) in [7, 11) is 1.86. The number of aromatic carboxylic acids is 1. The highest BCUT2D eigenvalue weighted by molar-refractivity contribution is 5.85. The average molecular weight is 278 g/mol. The molecule has 0 saturated carbocycles. The molecule has 0 bridgehead atoms. The molecule has 2 aromatic rings. The van der Waals surface area contributed by atoms with Gasteiger partial charge in [0.15, 0.2) is 11.5 Å². The lowest BCUT2D eigenvalue weighted by atomic mass is 10.3. The van der Waals surface area contributed by atoms with Gasteiger partial charge in [0.05, 0.1) is 11.9 Å². The van der Waals surface area contributed by atoms with Gasteiger partial charge in [-0.1, -0.05) is 5.16 Å². The molecule has 0 spiro atoms. The predicted octanol–water partition coefficient (Wildman–Crippen LogP) is 0.434. The van der Waals surface area contributed by atoms with Gasteiger partial charge in [0.2, 0.25) is 0 Å². The number of anilines is 1. The third-order valence-electron chi connectivity index (χ3n) is 2.85. The highest BCUT2D eigenvalue weighted by Crippen LogP contribution is 2.08. The maximum atomic E-state index is 11.9. The summed E-state index contributed by atoms with van der Waals surface area (Å²) in [6.45, 7) is 2.76. The lowest BCUT2D eigenvalue weighted by Crippen LogP contribution is -2.25. The molecule has 0 aliphatic heterocycles. The zero-order valence-corrected chi connectivity index (χ0v) is 11.1. The van der Waals surface area contributed by atoms with E-state index in [9.17, 15) is 9.59 Å². The molecule has 106 valence electrons. The standard InChI is InChI=1S/C12H14N4O4/c1-3-15(2)8-4-11(17)16(13-6-8)7-9-5-10(12(18)19)14-20-9/h4-6H,3,7H2,1-2H3,(H,18,19). The monoisotopic (exact) mass is 278 g/mol. The van der Waals surface area contributed by atoms with Gasteiger partial charge in [-0.15, -0.1) is 0 Å². The van der Waals surface area contributed by atoms with Crippen LogP contribution in [0.5, 0.6) is 0 Å². The molecular weight excluding hydrogens is 264 g/mol. The van der Waals surface area contributed by atoms with E-state index >= 15 is 0 Å². The minimum Gasteiger partial charge on any atom is -0.476 e. The van der Waals surface area contributed by atoms with E-state index in [1.807, 2.05) is 18.9 Å². The molecular formula is C12H14N4O4. The molecule has 0 aromatic carbocycles. The van der Waals surface area contributed by atoms with Crippen LogP contribution in [0.4, 0.5) is 5.69 Å². The Labute approximate surface area is 114 Å². The summed E-state index contributed by atoms with van der Waals surface area (Å²) in [6, 6.07) is 2.73. The second-order valence-electron chi connectivity index (χ2n) is 4.21. The zero-order chi connectivity index (χ0) is 14.7. The predicted molar refractivity (Wildman–Crippen MR) is 70.0 cm³/mol. The van der Waals surface area contributed by atoms with Crippen LogP contribution >= 0.6 is 0 Å². The van der Waals surface area contributed by atoms with E-state index in [0.717, 1.165) is 12.2 Å². The first-order valence-corrected chi connectivity index (χ1v) is 5.98. The van der Waals surface area contributed by atoms with E-state index in [1.54, 1.807) is 6.20 Å². The SMILES string of the molecule is CCN(C)c1cnn(Cc2cc(C(=O)O)no2)c(=O)c1. The summed E-state index contributed by atoms with van der Waals surface area (Å²) in [5.41, 5.74) is 0.226. The van der Waals surface area contributed by atoms with Gasteiger partial charge in [-0.25, -0.2) is 9.48 Å². The highest BCUT2D eigenvalue weighted by atomic mass is 16.5. The van der Waals surface area contributed by atoms with Crippen molar-refractivity contribution in [3.63, 3.8) is 0 Å². The molecule has 8 nitrogen and oxygen atoms in total. The van der Waals surface area contributed by atoms with E-state index in [2.05, 4.69) is 10.3 Å². The Morgan fingerprint density at radius 3 is 2.80 bits per heavy atom. The van der Waals surface area contributed by atoms with Crippen molar-refractivity contribution >= 4 is 11.7 Å². The molecule has 20 heavy (non-hydrogen) atoms. The second-order valence-corrected chi connectivity index (χ2v) is 4.21. The second kappa shape index (κ2) is 5.55. The van der Waals surface area contributed by atoms with Crippen molar-refractivity contribution in [2.45, 2.75) is 13.5 Å². The number of carboxylic acid groups (broad SMARTS) is 1. The molecule has 0 amide bonds. The van der Waals surface area contributed by atoms with Gasteiger partial charge in [-0.2, -0.15) is 5.10 Å². The first-order chi connectivity index (χ1) is 9.51. The minimum atomic E-state index is -1.18. The van der Waals surface area contributed by atoms with Crippen molar-refractivity contribution < 1.29 is 14.4 Å². The van der Waals surface area contributed by atoms with Crippen LogP contribution in [0, 0.1) is 0 Å². The van der Waals surface area contributed by atoms with Gasteiger partial charge in [0.25, 0.3) is 5.56 Å². The van der Waals surface area contributed by atoms with Gasteiger partial charge in [0.1, 0.15) is 6.54 Å². The lowest BCUT2D eigenvalue weighted by molar-refractivity contribution is 0.0685. The molecule has 2 aromatic heterocycles. The van der Waals surface area contributed by atoms with E-state index in [4.69, 9.17) is 9.63 Å². The van der Waals surface area contributed by atoms with Crippen LogP contribution < -0.4 is 10.5 Å². The third-order valence-corrected chi connectivity index (χ3v) is 2.85. The summed E-state index contributed by atoms with van der Waals surface area (Å²) in [5, 5.41) is 16.1. The normalized spacial score (nSPS) is 10.5. The number of hydrogen-bond donors (Lipinski definition) is 1. The molecule has 2 rings (SSSR count). The first kappa shape index (κ1) is 13.8. The Morgan fingerprint density at radius 1 is 1.50 bits per heavy atom. The fraction of sp³-hybridized carbons (Fsp3) is 0.333. The molecule has 0 saturated heterocycles. The number of hydrogen-bond acceptors (Lipinski definition) is 6. The van der Waals surface area contributed by atoms with Gasteiger partial charge in [-0.05, 0) is 6.92 Å². The molecule has 0 aliphatic carbocycles. The number of nitrogens with zero attached hydrogens (tertiary/aromatic N) is 4. The number of carbonyl (C=O) groups is 1. The van der Waals surface area contributed by atoms with Gasteiger partial charge in [0, 0.05) is 25.7 Å². The van der Waals surface area contributed by atoms with Crippen molar-refractivity contribution in [2.75, 3.05) is 18.5 Å². The topological polar surface area (TPSA) is 101 Å². The van der Waals surface area contributed by atoms with Crippen molar-refractivity contribution in [2.24, 2.45) is 0 Å². The largest absolute Gasteiger partial charge is 0.476 e. The fourth-order valence-corrected chi connectivity index (χ4v) is 1.57. The van der Waals surface area contributed by atoms with E-state index < -0.39 is 5.97 Å². The average Bonchev–Trinajstić information content (AvgIpc) is 2.89. The Bertz CT molecular complexity index is 676. The Balaban J connectivity index is 2.21. The van der Waals surface area contributed by atoms with Crippen LogP contribution in [0.15, 0.2) is 27.6 Å². The molecule has 0 atom stereocenters. The third kappa shape index (κ3) is 2.85. The molecule has 8 heteroatoms. The van der Waals surface area contributed by atoms with Crippen molar-refractivity contribution in [1.29, 1.82) is 0 Å². The molecule has 2 heterocycles. The molecule has 0 radical (unpaired) electrons. The summed E-state index contributed by atoms with van der Waals surface area (Å²) in [4.78, 5) is 24.5. The zero-order valence-electron chi connectivity index (χ0n) is 11.1. The molecule has 0 aliphatic rings. The Morgan fingerprint density at radius 2 is 2.25 bits per heavy atom. The maximum Gasteiger partial charge on any atom is 0.358 e.